The van der Waals surface area contributed by atoms with Crippen molar-refractivity contribution >= 4 is 31.6 Å². The molecule has 23 heavy (non-hydrogen) atoms. The lowest BCUT2D eigenvalue weighted by molar-refractivity contribution is 0.353. The summed E-state index contributed by atoms with van der Waals surface area (Å²) >= 11 is 3.30. The van der Waals surface area contributed by atoms with E-state index in [9.17, 15) is 8.42 Å². The number of ether oxygens (including phenoxy) is 2. The van der Waals surface area contributed by atoms with E-state index in [4.69, 9.17) is 9.47 Å². The van der Waals surface area contributed by atoms with Crippen LogP contribution in [-0.4, -0.2) is 34.2 Å². The third kappa shape index (κ3) is 3.42. The zero-order valence-corrected chi connectivity index (χ0v) is 15.4. The van der Waals surface area contributed by atoms with Gasteiger partial charge in [0.1, 0.15) is 4.90 Å². The van der Waals surface area contributed by atoms with Gasteiger partial charge in [-0.1, -0.05) is 0 Å². The fourth-order valence-corrected chi connectivity index (χ4v) is 4.60. The van der Waals surface area contributed by atoms with Crippen molar-refractivity contribution in [2.45, 2.75) is 11.8 Å². The predicted octanol–water partition coefficient (Wildman–Crippen LogP) is 3.08. The number of methoxy groups -OCH3 is 2. The first-order valence-corrected chi connectivity index (χ1v) is 9.03. The van der Waals surface area contributed by atoms with Crippen molar-refractivity contribution in [2.24, 2.45) is 0 Å². The van der Waals surface area contributed by atoms with E-state index >= 15 is 0 Å². The highest BCUT2D eigenvalue weighted by molar-refractivity contribution is 9.10. The van der Waals surface area contributed by atoms with Crippen LogP contribution in [0.4, 0.5) is 5.69 Å². The van der Waals surface area contributed by atoms with E-state index in [1.807, 2.05) is 0 Å². The number of rotatable bonds is 6. The maximum Gasteiger partial charge on any atom is 0.265 e. The Labute approximate surface area is 144 Å². The van der Waals surface area contributed by atoms with E-state index in [0.29, 0.717) is 21.7 Å². The lowest BCUT2D eigenvalue weighted by Gasteiger charge is -2.23. The molecule has 0 N–H and O–H groups in total. The second-order valence-corrected chi connectivity index (χ2v) is 7.20. The molecule has 0 saturated carbocycles. The van der Waals surface area contributed by atoms with Crippen LogP contribution in [0.5, 0.6) is 11.5 Å². The molecule has 0 radical (unpaired) electrons. The normalized spacial score (nSPS) is 11.1. The van der Waals surface area contributed by atoms with Gasteiger partial charge in [0, 0.05) is 23.3 Å². The number of benzene rings is 1. The Morgan fingerprint density at radius 2 is 1.87 bits per heavy atom. The minimum atomic E-state index is -3.78. The number of hydrogen-bond donors (Lipinski definition) is 0. The van der Waals surface area contributed by atoms with Crippen LogP contribution < -0.4 is 13.8 Å². The molecule has 0 aliphatic rings. The lowest BCUT2D eigenvalue weighted by atomic mass is 10.3. The first kappa shape index (κ1) is 17.6. The van der Waals surface area contributed by atoms with Gasteiger partial charge in [-0.25, -0.2) is 8.42 Å². The molecule has 6 nitrogen and oxygen atoms in total. The molecular formula is C15H17BrN2O4S. The molecule has 2 aromatic rings. The smallest absolute Gasteiger partial charge is 0.265 e. The van der Waals surface area contributed by atoms with Crippen LogP contribution in [0, 0.1) is 0 Å². The summed E-state index contributed by atoms with van der Waals surface area (Å²) in [6.07, 6.45) is 3.10. The van der Waals surface area contributed by atoms with Gasteiger partial charge in [0.15, 0.2) is 11.5 Å². The van der Waals surface area contributed by atoms with Crippen LogP contribution in [0.2, 0.25) is 0 Å². The molecule has 2 rings (SSSR count). The quantitative estimate of drug-likeness (QED) is 0.744. The topological polar surface area (TPSA) is 68.7 Å². The summed E-state index contributed by atoms with van der Waals surface area (Å²) in [6, 6.07) is 6.40. The average Bonchev–Trinajstić information content (AvgIpc) is 2.55. The van der Waals surface area contributed by atoms with Gasteiger partial charge in [-0.2, -0.15) is 0 Å². The molecule has 1 heterocycles. The number of pyridine rings is 1. The molecule has 0 fully saturated rings. The molecule has 0 spiro atoms. The van der Waals surface area contributed by atoms with E-state index in [0.717, 1.165) is 0 Å². The standard InChI is InChI=1S/C15H17BrN2O4S/c1-4-18(11-6-5-7-17-10-11)23(19,20)15-9-14(22-3)13(21-2)8-12(15)16/h5-10H,4H2,1-3H3. The van der Waals surface area contributed by atoms with Gasteiger partial charge in [-0.15, -0.1) is 0 Å². The number of anilines is 1. The highest BCUT2D eigenvalue weighted by atomic mass is 79.9. The van der Waals surface area contributed by atoms with Gasteiger partial charge >= 0.3 is 0 Å². The zero-order valence-electron chi connectivity index (χ0n) is 13.0. The average molecular weight is 401 g/mol. The first-order valence-electron chi connectivity index (χ1n) is 6.80. The number of hydrogen-bond acceptors (Lipinski definition) is 5. The Morgan fingerprint density at radius 1 is 1.22 bits per heavy atom. The zero-order chi connectivity index (χ0) is 17.0. The van der Waals surface area contributed by atoms with Crippen molar-refractivity contribution in [1.82, 2.24) is 4.98 Å². The van der Waals surface area contributed by atoms with Gasteiger partial charge < -0.3 is 9.47 Å². The molecule has 0 aliphatic heterocycles. The molecule has 0 unspecified atom stereocenters. The van der Waals surface area contributed by atoms with E-state index in [2.05, 4.69) is 20.9 Å². The van der Waals surface area contributed by atoms with Gasteiger partial charge in [0.2, 0.25) is 0 Å². The molecule has 1 aromatic carbocycles. The van der Waals surface area contributed by atoms with E-state index in [1.54, 1.807) is 31.3 Å². The molecule has 0 bridgehead atoms. The van der Waals surface area contributed by atoms with E-state index in [-0.39, 0.29) is 11.4 Å². The summed E-state index contributed by atoms with van der Waals surface area (Å²) < 4.78 is 38.1. The van der Waals surface area contributed by atoms with Crippen molar-refractivity contribution < 1.29 is 17.9 Å². The van der Waals surface area contributed by atoms with Crippen molar-refractivity contribution in [3.8, 4) is 11.5 Å². The number of sulfonamides is 1. The Balaban J connectivity index is 2.59. The van der Waals surface area contributed by atoms with Gasteiger partial charge in [0.25, 0.3) is 10.0 Å². The molecule has 1 aromatic heterocycles. The van der Waals surface area contributed by atoms with Crippen molar-refractivity contribution in [2.75, 3.05) is 25.1 Å². The summed E-state index contributed by atoms with van der Waals surface area (Å²) in [7, 11) is -0.830. The van der Waals surface area contributed by atoms with Crippen LogP contribution in [0.3, 0.4) is 0 Å². The molecule has 0 aliphatic carbocycles. The third-order valence-corrected chi connectivity index (χ3v) is 6.09. The molecular weight excluding hydrogens is 384 g/mol. The number of halogens is 1. The number of nitrogens with zero attached hydrogens (tertiary/aromatic N) is 2. The molecule has 0 atom stereocenters. The predicted molar refractivity (Wildman–Crippen MR) is 91.7 cm³/mol. The van der Waals surface area contributed by atoms with E-state index in [1.165, 1.54) is 30.8 Å². The Bertz CT molecular complexity index is 782. The molecule has 0 amide bonds. The third-order valence-electron chi connectivity index (χ3n) is 3.23. The lowest BCUT2D eigenvalue weighted by Crippen LogP contribution is -2.31. The van der Waals surface area contributed by atoms with Crippen LogP contribution in [0.1, 0.15) is 6.92 Å². The second-order valence-electron chi connectivity index (χ2n) is 4.52. The summed E-state index contributed by atoms with van der Waals surface area (Å²) in [6.45, 7) is 2.04. The monoisotopic (exact) mass is 400 g/mol. The largest absolute Gasteiger partial charge is 0.493 e. The maximum absolute atomic E-state index is 13.0. The minimum absolute atomic E-state index is 0.0980. The van der Waals surface area contributed by atoms with Gasteiger partial charge in [0.05, 0.1) is 26.1 Å². The Hall–Kier alpha value is -1.80. The van der Waals surface area contributed by atoms with Crippen LogP contribution in [0.15, 0.2) is 46.0 Å². The SMILES string of the molecule is CCN(c1cccnc1)S(=O)(=O)c1cc(OC)c(OC)cc1Br. The fourth-order valence-electron chi connectivity index (χ4n) is 2.14. The van der Waals surface area contributed by atoms with Crippen LogP contribution in [0.25, 0.3) is 0 Å². The molecule has 124 valence electrons. The molecule has 8 heteroatoms. The molecule has 0 saturated heterocycles. The minimum Gasteiger partial charge on any atom is -0.493 e. The highest BCUT2D eigenvalue weighted by Gasteiger charge is 2.27. The summed E-state index contributed by atoms with van der Waals surface area (Å²) in [5.74, 6) is 0.791. The van der Waals surface area contributed by atoms with E-state index < -0.39 is 10.0 Å². The Kier molecular flexibility index (Phi) is 5.48. The highest BCUT2D eigenvalue weighted by Crippen LogP contribution is 2.37. The first-order chi connectivity index (χ1) is 11.0. The van der Waals surface area contributed by atoms with Crippen LogP contribution in [-0.2, 0) is 10.0 Å². The summed E-state index contributed by atoms with van der Waals surface area (Å²) in [4.78, 5) is 4.08. The Morgan fingerprint density at radius 3 is 2.39 bits per heavy atom. The van der Waals surface area contributed by atoms with Crippen molar-refractivity contribution in [1.29, 1.82) is 0 Å². The summed E-state index contributed by atoms with van der Waals surface area (Å²) in [5.41, 5.74) is 0.497. The second kappa shape index (κ2) is 7.18. The van der Waals surface area contributed by atoms with Crippen molar-refractivity contribution in [3.05, 3.63) is 41.1 Å². The van der Waals surface area contributed by atoms with Crippen molar-refractivity contribution in [3.63, 3.8) is 0 Å². The number of aromatic nitrogens is 1. The van der Waals surface area contributed by atoms with Gasteiger partial charge in [-0.05, 0) is 41.1 Å². The van der Waals surface area contributed by atoms with Gasteiger partial charge in [-0.3, -0.25) is 9.29 Å². The summed E-state index contributed by atoms with van der Waals surface area (Å²) in [5, 5.41) is 0. The van der Waals surface area contributed by atoms with Crippen LogP contribution >= 0.6 is 15.9 Å². The maximum atomic E-state index is 13.0. The fraction of sp³-hybridized carbons (Fsp3) is 0.267.